The molecule has 6 nitrogen and oxygen atoms in total. The molecule has 0 spiro atoms. The zero-order chi connectivity index (χ0) is 19.0. The van der Waals surface area contributed by atoms with Gasteiger partial charge in [0.15, 0.2) is 9.84 Å². The number of piperazine rings is 1. The van der Waals surface area contributed by atoms with Crippen molar-refractivity contribution in [3.8, 4) is 0 Å². The van der Waals surface area contributed by atoms with E-state index in [-0.39, 0.29) is 34.5 Å². The van der Waals surface area contributed by atoms with Crippen molar-refractivity contribution in [2.24, 2.45) is 5.92 Å². The number of carbonyl (C=O) groups excluding carboxylic acids is 2. The van der Waals surface area contributed by atoms with Crippen LogP contribution >= 0.6 is 11.8 Å². The fourth-order valence-electron chi connectivity index (χ4n) is 3.67. The minimum Gasteiger partial charge on any atom is -0.339 e. The topological polar surface area (TPSA) is 74.8 Å². The average molecular weight is 409 g/mol. The van der Waals surface area contributed by atoms with Gasteiger partial charge < -0.3 is 9.80 Å². The second-order valence-electron chi connectivity index (χ2n) is 7.53. The predicted molar refractivity (Wildman–Crippen MR) is 105 cm³/mol. The first-order valence-corrected chi connectivity index (χ1v) is 12.2. The van der Waals surface area contributed by atoms with Crippen LogP contribution in [-0.4, -0.2) is 73.0 Å². The third kappa shape index (κ3) is 4.32. The highest BCUT2D eigenvalue weighted by Crippen LogP contribution is 2.34. The fourth-order valence-corrected chi connectivity index (χ4v) is 7.29. The molecule has 3 fully saturated rings. The van der Waals surface area contributed by atoms with Gasteiger partial charge in [-0.05, 0) is 31.4 Å². The largest absolute Gasteiger partial charge is 0.339 e. The van der Waals surface area contributed by atoms with Crippen molar-refractivity contribution >= 4 is 33.4 Å². The number of benzene rings is 1. The monoisotopic (exact) mass is 408 g/mol. The Kier molecular flexibility index (Phi) is 5.20. The summed E-state index contributed by atoms with van der Waals surface area (Å²) in [5, 5.41) is 0.0111. The lowest BCUT2D eigenvalue weighted by Gasteiger charge is -2.35. The third-order valence-corrected chi connectivity index (χ3v) is 8.73. The van der Waals surface area contributed by atoms with Gasteiger partial charge in [-0.1, -0.05) is 12.1 Å². The molecule has 2 aliphatic heterocycles. The highest BCUT2D eigenvalue weighted by atomic mass is 32.2. The molecule has 0 N–H and O–H groups in total. The summed E-state index contributed by atoms with van der Waals surface area (Å²) in [6, 6.07) is 7.44. The molecule has 146 valence electrons. The molecule has 2 heterocycles. The van der Waals surface area contributed by atoms with Gasteiger partial charge in [0, 0.05) is 42.2 Å². The summed E-state index contributed by atoms with van der Waals surface area (Å²) in [5.74, 6) is 0.838. The van der Waals surface area contributed by atoms with Crippen LogP contribution in [0.25, 0.3) is 0 Å². The Balaban J connectivity index is 1.41. The fraction of sp³-hybridized carbons (Fsp3) is 0.579. The Hall–Kier alpha value is -1.54. The van der Waals surface area contributed by atoms with Gasteiger partial charge in [0.2, 0.25) is 5.91 Å². The number of hydrogen-bond acceptors (Lipinski definition) is 5. The molecular weight excluding hydrogens is 384 g/mol. The summed E-state index contributed by atoms with van der Waals surface area (Å²) in [6.45, 7) is 2.29. The van der Waals surface area contributed by atoms with Crippen LogP contribution in [0, 0.1) is 5.92 Å². The van der Waals surface area contributed by atoms with Crippen molar-refractivity contribution in [1.29, 1.82) is 0 Å². The van der Waals surface area contributed by atoms with Crippen LogP contribution in [0.5, 0.6) is 0 Å². The molecule has 0 aromatic heterocycles. The number of thioether (sulfide) groups is 1. The normalized spacial score (nSPS) is 24.8. The Morgan fingerprint density at radius 1 is 0.963 bits per heavy atom. The number of rotatable bonds is 4. The highest BCUT2D eigenvalue weighted by molar-refractivity contribution is 8.02. The molecule has 1 atom stereocenters. The SMILES string of the molecule is O=C(c1ccccc1S[C@@H]1CCS(=O)(=O)C1)N1CCN(C(=O)C2CC2)CC1. The molecule has 4 rings (SSSR count). The molecular formula is C19H24N2O4S2. The van der Waals surface area contributed by atoms with Crippen LogP contribution in [0.1, 0.15) is 29.6 Å². The van der Waals surface area contributed by atoms with E-state index in [2.05, 4.69) is 0 Å². The highest BCUT2D eigenvalue weighted by Gasteiger charge is 2.35. The average Bonchev–Trinajstić information content (AvgIpc) is 3.45. The molecule has 2 amide bonds. The second kappa shape index (κ2) is 7.47. The number of nitrogens with zero attached hydrogens (tertiary/aromatic N) is 2. The Labute approximate surface area is 164 Å². The first-order valence-electron chi connectivity index (χ1n) is 9.47. The van der Waals surface area contributed by atoms with Crippen LogP contribution in [-0.2, 0) is 14.6 Å². The number of hydrogen-bond donors (Lipinski definition) is 0. The van der Waals surface area contributed by atoms with Crippen LogP contribution < -0.4 is 0 Å². The van der Waals surface area contributed by atoms with Crippen LogP contribution in [0.15, 0.2) is 29.2 Å². The molecule has 1 saturated carbocycles. The van der Waals surface area contributed by atoms with E-state index in [1.807, 2.05) is 34.1 Å². The van der Waals surface area contributed by atoms with Gasteiger partial charge in [0.1, 0.15) is 0 Å². The lowest BCUT2D eigenvalue weighted by Crippen LogP contribution is -2.51. The summed E-state index contributed by atoms with van der Waals surface area (Å²) in [4.78, 5) is 29.7. The van der Waals surface area contributed by atoms with Crippen molar-refractivity contribution in [3.05, 3.63) is 29.8 Å². The summed E-state index contributed by atoms with van der Waals surface area (Å²) in [5.41, 5.74) is 0.633. The molecule has 8 heteroatoms. The first kappa shape index (κ1) is 18.8. The van der Waals surface area contributed by atoms with E-state index in [4.69, 9.17) is 0 Å². The standard InChI is InChI=1S/C19H24N2O4S2/c22-18(14-5-6-14)20-8-10-21(11-9-20)19(23)16-3-1-2-4-17(16)26-15-7-12-27(24,25)13-15/h1-4,14-15H,5-13H2/t15-/m1/s1. The summed E-state index contributed by atoms with van der Waals surface area (Å²) >= 11 is 1.50. The first-order chi connectivity index (χ1) is 12.9. The van der Waals surface area contributed by atoms with E-state index < -0.39 is 9.84 Å². The molecule has 0 bridgehead atoms. The third-order valence-electron chi connectivity index (χ3n) is 5.41. The molecule has 1 aliphatic carbocycles. The smallest absolute Gasteiger partial charge is 0.255 e. The minimum absolute atomic E-state index is 0.0111. The van der Waals surface area contributed by atoms with Crippen LogP contribution in [0.2, 0.25) is 0 Å². The van der Waals surface area contributed by atoms with Crippen molar-refractivity contribution in [2.45, 2.75) is 29.4 Å². The van der Waals surface area contributed by atoms with Crippen LogP contribution in [0.3, 0.4) is 0 Å². The van der Waals surface area contributed by atoms with Gasteiger partial charge in [-0.2, -0.15) is 0 Å². The number of sulfone groups is 1. The molecule has 0 radical (unpaired) electrons. The molecule has 3 aliphatic rings. The van der Waals surface area contributed by atoms with Gasteiger partial charge in [0.25, 0.3) is 5.91 Å². The maximum atomic E-state index is 13.0. The Morgan fingerprint density at radius 3 is 2.26 bits per heavy atom. The van der Waals surface area contributed by atoms with E-state index in [0.717, 1.165) is 17.7 Å². The van der Waals surface area contributed by atoms with E-state index in [1.165, 1.54) is 11.8 Å². The van der Waals surface area contributed by atoms with E-state index in [1.54, 1.807) is 0 Å². The summed E-state index contributed by atoms with van der Waals surface area (Å²) in [6.07, 6.45) is 2.64. The lowest BCUT2D eigenvalue weighted by molar-refractivity contribution is -0.134. The number of carbonyl (C=O) groups is 2. The Morgan fingerprint density at radius 2 is 1.63 bits per heavy atom. The lowest BCUT2D eigenvalue weighted by atomic mass is 10.1. The van der Waals surface area contributed by atoms with Gasteiger partial charge in [-0.25, -0.2) is 8.42 Å². The Bertz CT molecular complexity index is 843. The quantitative estimate of drug-likeness (QED) is 0.758. The van der Waals surface area contributed by atoms with Gasteiger partial charge in [-0.15, -0.1) is 11.8 Å². The molecule has 1 aromatic carbocycles. The van der Waals surface area contributed by atoms with E-state index in [9.17, 15) is 18.0 Å². The maximum Gasteiger partial charge on any atom is 0.255 e. The van der Waals surface area contributed by atoms with Crippen LogP contribution in [0.4, 0.5) is 0 Å². The summed E-state index contributed by atoms with van der Waals surface area (Å²) in [7, 11) is -2.94. The molecule has 0 unspecified atom stereocenters. The van der Waals surface area contributed by atoms with Crippen molar-refractivity contribution in [1.82, 2.24) is 9.80 Å². The van der Waals surface area contributed by atoms with Crippen molar-refractivity contribution < 1.29 is 18.0 Å². The van der Waals surface area contributed by atoms with Crippen molar-refractivity contribution in [3.63, 3.8) is 0 Å². The number of amides is 2. The minimum atomic E-state index is -2.94. The maximum absolute atomic E-state index is 13.0. The zero-order valence-electron chi connectivity index (χ0n) is 15.2. The molecule has 2 saturated heterocycles. The van der Waals surface area contributed by atoms with E-state index in [0.29, 0.717) is 38.2 Å². The second-order valence-corrected chi connectivity index (χ2v) is 11.1. The molecule has 1 aromatic rings. The zero-order valence-corrected chi connectivity index (χ0v) is 16.8. The van der Waals surface area contributed by atoms with Crippen molar-refractivity contribution in [2.75, 3.05) is 37.7 Å². The van der Waals surface area contributed by atoms with Gasteiger partial charge in [-0.3, -0.25) is 9.59 Å². The summed E-state index contributed by atoms with van der Waals surface area (Å²) < 4.78 is 23.4. The van der Waals surface area contributed by atoms with Gasteiger partial charge in [0.05, 0.1) is 17.1 Å². The van der Waals surface area contributed by atoms with E-state index >= 15 is 0 Å². The van der Waals surface area contributed by atoms with Gasteiger partial charge >= 0.3 is 0 Å². The molecule has 27 heavy (non-hydrogen) atoms. The predicted octanol–water partition coefficient (Wildman–Crippen LogP) is 1.66.